The summed E-state index contributed by atoms with van der Waals surface area (Å²) in [7, 11) is -3.73. The average molecular weight is 561 g/mol. The van der Waals surface area contributed by atoms with Crippen LogP contribution in [0.15, 0.2) is 70.5 Å². The summed E-state index contributed by atoms with van der Waals surface area (Å²) in [5.41, 5.74) is 3.43. The van der Waals surface area contributed by atoms with E-state index < -0.39 is 33.3 Å². The lowest BCUT2D eigenvalue weighted by Crippen LogP contribution is -2.28. The molecule has 6 rings (SSSR count). The highest BCUT2D eigenvalue weighted by Crippen LogP contribution is 2.41. The first-order valence-corrected chi connectivity index (χ1v) is 14.8. The van der Waals surface area contributed by atoms with Gasteiger partial charge in [0.2, 0.25) is 15.5 Å². The maximum Gasteiger partial charge on any atom is 0.343 e. The molecule has 0 saturated heterocycles. The first kappa shape index (κ1) is 26.4. The van der Waals surface area contributed by atoms with E-state index in [0.717, 1.165) is 29.5 Å². The van der Waals surface area contributed by atoms with Crippen molar-refractivity contribution in [3.63, 3.8) is 0 Å². The van der Waals surface area contributed by atoms with Crippen LogP contribution in [0, 0.1) is 12.7 Å². The Morgan fingerprint density at radius 2 is 1.80 bits per heavy atom. The number of hydrogen-bond acceptors (Lipinski definition) is 5. The summed E-state index contributed by atoms with van der Waals surface area (Å²) in [6.07, 6.45) is 3.32. The van der Waals surface area contributed by atoms with Crippen molar-refractivity contribution >= 4 is 26.9 Å². The second kappa shape index (κ2) is 9.67. The van der Waals surface area contributed by atoms with Gasteiger partial charge in [-0.25, -0.2) is 17.6 Å². The van der Waals surface area contributed by atoms with E-state index >= 15 is 4.39 Å². The van der Waals surface area contributed by atoms with Crippen LogP contribution in [0.1, 0.15) is 65.8 Å². The number of fused-ring (bicyclic) bond motifs is 2. The van der Waals surface area contributed by atoms with Crippen molar-refractivity contribution in [1.29, 1.82) is 0 Å². The van der Waals surface area contributed by atoms with Crippen molar-refractivity contribution in [3.8, 4) is 11.1 Å². The van der Waals surface area contributed by atoms with E-state index in [1.54, 1.807) is 43.3 Å². The Bertz CT molecular complexity index is 1840. The van der Waals surface area contributed by atoms with E-state index in [9.17, 15) is 18.0 Å². The maximum absolute atomic E-state index is 15.6. The standard InChI is InChI=1S/C31H29FN2O5S/c1-4-39-31(36)27-17-33(22-9-10-22)29-15-25(28(32)14-26(29)30(27)35)20-7-8-21-16-34(19(3)24(21)13-20)40(37,38)23-11-5-18(2)6-12-23/h5-8,11-15,17,19,22H,4,9-10,16H2,1-3H3. The third-order valence-electron chi connectivity index (χ3n) is 7.85. The predicted molar refractivity (Wildman–Crippen MR) is 150 cm³/mol. The highest BCUT2D eigenvalue weighted by atomic mass is 32.2. The van der Waals surface area contributed by atoms with Crippen LogP contribution in [0.2, 0.25) is 0 Å². The van der Waals surface area contributed by atoms with Gasteiger partial charge in [0.25, 0.3) is 0 Å². The Balaban J connectivity index is 1.42. The summed E-state index contributed by atoms with van der Waals surface area (Å²) >= 11 is 0. The van der Waals surface area contributed by atoms with Crippen LogP contribution in [0.25, 0.3) is 22.0 Å². The Labute approximate surface area is 231 Å². The SMILES string of the molecule is CCOC(=O)c1cn(C2CC2)c2cc(-c3ccc4c(c3)C(C)N(S(=O)(=O)c3ccc(C)cc3)C4)c(F)cc2c1=O. The van der Waals surface area contributed by atoms with Crippen molar-refractivity contribution in [1.82, 2.24) is 8.87 Å². The van der Waals surface area contributed by atoms with Gasteiger partial charge in [-0.15, -0.1) is 0 Å². The van der Waals surface area contributed by atoms with Gasteiger partial charge in [0.05, 0.1) is 17.0 Å². The number of esters is 1. The van der Waals surface area contributed by atoms with E-state index in [1.807, 2.05) is 30.5 Å². The minimum absolute atomic E-state index is 0.102. The highest BCUT2D eigenvalue weighted by Gasteiger charge is 2.37. The minimum Gasteiger partial charge on any atom is -0.462 e. The van der Waals surface area contributed by atoms with Crippen LogP contribution in [0.4, 0.5) is 4.39 Å². The van der Waals surface area contributed by atoms with Crippen molar-refractivity contribution in [2.24, 2.45) is 0 Å². The molecule has 1 atom stereocenters. The van der Waals surface area contributed by atoms with Crippen molar-refractivity contribution in [2.75, 3.05) is 6.61 Å². The molecule has 2 aliphatic rings. The average Bonchev–Trinajstić information content (AvgIpc) is 3.72. The number of pyridine rings is 1. The molecule has 206 valence electrons. The number of hydrogen-bond donors (Lipinski definition) is 0. The lowest BCUT2D eigenvalue weighted by Gasteiger charge is -2.21. The summed E-state index contributed by atoms with van der Waals surface area (Å²) in [5, 5.41) is 0.128. The van der Waals surface area contributed by atoms with Gasteiger partial charge in [-0.2, -0.15) is 4.31 Å². The molecule has 1 aliphatic carbocycles. The predicted octanol–water partition coefficient (Wildman–Crippen LogP) is 5.89. The van der Waals surface area contributed by atoms with Gasteiger partial charge in [0.1, 0.15) is 11.4 Å². The fourth-order valence-electron chi connectivity index (χ4n) is 5.49. The third-order valence-corrected chi connectivity index (χ3v) is 9.78. The lowest BCUT2D eigenvalue weighted by molar-refractivity contribution is 0.0524. The zero-order valence-corrected chi connectivity index (χ0v) is 23.3. The summed E-state index contributed by atoms with van der Waals surface area (Å²) in [5.74, 6) is -1.31. The molecule has 9 heteroatoms. The van der Waals surface area contributed by atoms with Crippen LogP contribution >= 0.6 is 0 Å². The van der Waals surface area contributed by atoms with Gasteiger partial charge in [-0.3, -0.25) is 4.79 Å². The molecule has 2 heterocycles. The highest BCUT2D eigenvalue weighted by molar-refractivity contribution is 7.89. The van der Waals surface area contributed by atoms with Gasteiger partial charge in [0, 0.05) is 35.8 Å². The number of rotatable bonds is 6. The molecule has 1 fully saturated rings. The lowest BCUT2D eigenvalue weighted by atomic mass is 9.96. The number of ether oxygens (including phenoxy) is 1. The first-order chi connectivity index (χ1) is 19.1. The molecular weight excluding hydrogens is 531 g/mol. The van der Waals surface area contributed by atoms with Gasteiger partial charge >= 0.3 is 5.97 Å². The molecule has 0 radical (unpaired) electrons. The van der Waals surface area contributed by atoms with Gasteiger partial charge in [-0.05, 0) is 80.6 Å². The molecular formula is C31H29FN2O5S. The zero-order valence-electron chi connectivity index (χ0n) is 22.5. The molecule has 3 aromatic carbocycles. The van der Waals surface area contributed by atoms with Crippen LogP contribution in [0.3, 0.4) is 0 Å². The monoisotopic (exact) mass is 560 g/mol. The van der Waals surface area contributed by atoms with E-state index in [1.165, 1.54) is 16.6 Å². The number of aryl methyl sites for hydroxylation is 1. The number of aromatic nitrogens is 1. The van der Waals surface area contributed by atoms with Crippen molar-refractivity contribution in [2.45, 2.75) is 57.1 Å². The summed E-state index contributed by atoms with van der Waals surface area (Å²) in [6, 6.07) is 14.8. The number of sulfonamides is 1. The number of carbonyl (C=O) groups excluding carboxylic acids is 1. The van der Waals surface area contributed by atoms with E-state index in [4.69, 9.17) is 4.74 Å². The van der Waals surface area contributed by atoms with Crippen molar-refractivity contribution in [3.05, 3.63) is 99.1 Å². The molecule has 0 bridgehead atoms. The van der Waals surface area contributed by atoms with Crippen LogP contribution < -0.4 is 5.43 Å². The molecule has 0 N–H and O–H groups in total. The zero-order chi connectivity index (χ0) is 28.3. The first-order valence-electron chi connectivity index (χ1n) is 13.4. The van der Waals surface area contributed by atoms with E-state index in [-0.39, 0.29) is 35.0 Å². The fraction of sp³-hybridized carbons (Fsp3) is 0.290. The summed E-state index contributed by atoms with van der Waals surface area (Å²) < 4.78 is 50.9. The topological polar surface area (TPSA) is 85.7 Å². The molecule has 1 aliphatic heterocycles. The minimum atomic E-state index is -3.73. The molecule has 4 aromatic rings. The number of halogens is 1. The number of carbonyl (C=O) groups is 1. The van der Waals surface area contributed by atoms with Gasteiger partial charge in [-0.1, -0.05) is 29.8 Å². The number of nitrogens with zero attached hydrogens (tertiary/aromatic N) is 2. The quantitative estimate of drug-likeness (QED) is 0.275. The molecule has 1 unspecified atom stereocenters. The van der Waals surface area contributed by atoms with Crippen LogP contribution in [0.5, 0.6) is 0 Å². The molecule has 1 aromatic heterocycles. The molecule has 0 spiro atoms. The Morgan fingerprint density at radius 1 is 1.07 bits per heavy atom. The molecule has 7 nitrogen and oxygen atoms in total. The Kier molecular flexibility index (Phi) is 6.39. The van der Waals surface area contributed by atoms with E-state index in [0.29, 0.717) is 16.6 Å². The smallest absolute Gasteiger partial charge is 0.343 e. The van der Waals surface area contributed by atoms with Crippen LogP contribution in [-0.4, -0.2) is 29.9 Å². The molecule has 1 saturated carbocycles. The normalized spacial score (nSPS) is 17.2. The fourth-order valence-corrected chi connectivity index (χ4v) is 7.08. The molecule has 0 amide bonds. The largest absolute Gasteiger partial charge is 0.462 e. The Morgan fingerprint density at radius 3 is 2.48 bits per heavy atom. The number of benzene rings is 3. The van der Waals surface area contributed by atoms with Crippen molar-refractivity contribution < 1.29 is 22.3 Å². The Hall–Kier alpha value is -3.82. The van der Waals surface area contributed by atoms with Crippen LogP contribution in [-0.2, 0) is 21.3 Å². The third kappa shape index (κ3) is 4.33. The second-order valence-electron chi connectivity index (χ2n) is 10.5. The summed E-state index contributed by atoms with van der Waals surface area (Å²) in [4.78, 5) is 25.8. The maximum atomic E-state index is 15.6. The van der Waals surface area contributed by atoms with Gasteiger partial charge in [0.15, 0.2) is 0 Å². The second-order valence-corrected chi connectivity index (χ2v) is 12.4. The molecule has 40 heavy (non-hydrogen) atoms. The summed E-state index contributed by atoms with van der Waals surface area (Å²) in [6.45, 7) is 5.76. The van der Waals surface area contributed by atoms with E-state index in [2.05, 4.69) is 0 Å². The van der Waals surface area contributed by atoms with Gasteiger partial charge < -0.3 is 9.30 Å².